The van der Waals surface area contributed by atoms with Crippen LogP contribution in [0.1, 0.15) is 22.8 Å². The van der Waals surface area contributed by atoms with Crippen molar-refractivity contribution in [2.75, 3.05) is 0 Å². The van der Waals surface area contributed by atoms with Crippen LogP contribution in [0.4, 0.5) is 8.78 Å². The second-order valence-corrected chi connectivity index (χ2v) is 5.01. The van der Waals surface area contributed by atoms with E-state index in [9.17, 15) is 13.9 Å². The van der Waals surface area contributed by atoms with Crippen molar-refractivity contribution in [1.82, 2.24) is 0 Å². The SMILES string of the molecule is Cc1cc(C(O)c2cc(F)c(F)cc2Cl)ccc1Cl. The van der Waals surface area contributed by atoms with Crippen LogP contribution >= 0.6 is 23.2 Å². The molecule has 0 radical (unpaired) electrons. The van der Waals surface area contributed by atoms with Crippen LogP contribution < -0.4 is 0 Å². The summed E-state index contributed by atoms with van der Waals surface area (Å²) in [4.78, 5) is 0. The molecular weight excluding hydrogens is 293 g/mol. The molecule has 0 amide bonds. The summed E-state index contributed by atoms with van der Waals surface area (Å²) in [6.07, 6.45) is -1.14. The van der Waals surface area contributed by atoms with Crippen LogP contribution in [0.3, 0.4) is 0 Å². The molecular formula is C14H10Cl2F2O. The van der Waals surface area contributed by atoms with E-state index in [2.05, 4.69) is 0 Å². The molecule has 100 valence electrons. The minimum absolute atomic E-state index is 0.0287. The molecule has 0 aliphatic heterocycles. The summed E-state index contributed by atoms with van der Waals surface area (Å²) in [6.45, 7) is 1.78. The van der Waals surface area contributed by atoms with Gasteiger partial charge in [0.15, 0.2) is 11.6 Å². The normalized spacial score (nSPS) is 12.5. The fourth-order valence-electron chi connectivity index (χ4n) is 1.77. The molecule has 0 fully saturated rings. The Morgan fingerprint density at radius 1 is 1.00 bits per heavy atom. The van der Waals surface area contributed by atoms with Gasteiger partial charge in [-0.2, -0.15) is 0 Å². The first-order chi connectivity index (χ1) is 8.90. The van der Waals surface area contributed by atoms with Crippen molar-refractivity contribution < 1.29 is 13.9 Å². The molecule has 0 saturated heterocycles. The van der Waals surface area contributed by atoms with Gasteiger partial charge >= 0.3 is 0 Å². The summed E-state index contributed by atoms with van der Waals surface area (Å²) in [6, 6.07) is 6.65. The van der Waals surface area contributed by atoms with E-state index < -0.39 is 17.7 Å². The molecule has 19 heavy (non-hydrogen) atoms. The lowest BCUT2D eigenvalue weighted by molar-refractivity contribution is 0.219. The van der Waals surface area contributed by atoms with Gasteiger partial charge in [-0.15, -0.1) is 0 Å². The summed E-state index contributed by atoms with van der Waals surface area (Å²) in [5.41, 5.74) is 1.40. The summed E-state index contributed by atoms with van der Waals surface area (Å²) in [5.74, 6) is -2.10. The van der Waals surface area contributed by atoms with Gasteiger partial charge in [-0.1, -0.05) is 35.3 Å². The maximum atomic E-state index is 13.2. The van der Waals surface area contributed by atoms with E-state index in [1.54, 1.807) is 25.1 Å². The molecule has 0 spiro atoms. The van der Waals surface area contributed by atoms with Gasteiger partial charge in [0.25, 0.3) is 0 Å². The first-order valence-corrected chi connectivity index (χ1v) is 6.24. The standard InChI is InChI=1S/C14H10Cl2F2O/c1-7-4-8(2-3-10(7)15)14(19)9-5-12(17)13(18)6-11(9)16/h2-6,14,19H,1H3. The molecule has 0 heterocycles. The number of aliphatic hydroxyl groups excluding tert-OH is 1. The Morgan fingerprint density at radius 2 is 1.63 bits per heavy atom. The van der Waals surface area contributed by atoms with Crippen molar-refractivity contribution >= 4 is 23.2 Å². The Balaban J connectivity index is 2.46. The number of aliphatic hydroxyl groups is 1. The molecule has 1 unspecified atom stereocenters. The summed E-state index contributed by atoms with van der Waals surface area (Å²) in [7, 11) is 0. The minimum Gasteiger partial charge on any atom is -0.384 e. The molecule has 0 bridgehead atoms. The highest BCUT2D eigenvalue weighted by molar-refractivity contribution is 6.31. The second kappa shape index (κ2) is 5.45. The highest BCUT2D eigenvalue weighted by Gasteiger charge is 2.17. The molecule has 2 rings (SSSR count). The molecule has 1 atom stereocenters. The number of hydrogen-bond donors (Lipinski definition) is 1. The van der Waals surface area contributed by atoms with Gasteiger partial charge in [0, 0.05) is 15.6 Å². The summed E-state index contributed by atoms with van der Waals surface area (Å²) in [5, 5.41) is 10.7. The quantitative estimate of drug-likeness (QED) is 0.800. The van der Waals surface area contributed by atoms with Crippen LogP contribution in [-0.4, -0.2) is 5.11 Å². The fraction of sp³-hybridized carbons (Fsp3) is 0.143. The van der Waals surface area contributed by atoms with Gasteiger partial charge in [-0.05, 0) is 36.2 Å². The lowest BCUT2D eigenvalue weighted by Crippen LogP contribution is -2.03. The van der Waals surface area contributed by atoms with Gasteiger partial charge < -0.3 is 5.11 Å². The fourth-order valence-corrected chi connectivity index (χ4v) is 2.14. The van der Waals surface area contributed by atoms with Crippen LogP contribution in [0.25, 0.3) is 0 Å². The molecule has 0 aliphatic carbocycles. The van der Waals surface area contributed by atoms with Crippen molar-refractivity contribution in [3.8, 4) is 0 Å². The van der Waals surface area contributed by atoms with Crippen LogP contribution in [0, 0.1) is 18.6 Å². The zero-order chi connectivity index (χ0) is 14.2. The summed E-state index contributed by atoms with van der Waals surface area (Å²) < 4.78 is 26.2. The van der Waals surface area contributed by atoms with Crippen molar-refractivity contribution in [1.29, 1.82) is 0 Å². The molecule has 0 aromatic heterocycles. The van der Waals surface area contributed by atoms with Gasteiger partial charge in [0.05, 0.1) is 0 Å². The lowest BCUT2D eigenvalue weighted by atomic mass is 10.00. The highest BCUT2D eigenvalue weighted by atomic mass is 35.5. The molecule has 2 aromatic carbocycles. The van der Waals surface area contributed by atoms with Crippen LogP contribution in [0.2, 0.25) is 10.0 Å². The molecule has 2 aromatic rings. The van der Waals surface area contributed by atoms with Gasteiger partial charge in [-0.3, -0.25) is 0 Å². The maximum absolute atomic E-state index is 13.2. The molecule has 0 aliphatic rings. The molecule has 5 heteroatoms. The Hall–Kier alpha value is -1.16. The average molecular weight is 303 g/mol. The first-order valence-electron chi connectivity index (χ1n) is 5.48. The Morgan fingerprint density at radius 3 is 2.26 bits per heavy atom. The Bertz CT molecular complexity index is 629. The third-order valence-corrected chi connectivity index (χ3v) is 3.58. The van der Waals surface area contributed by atoms with E-state index in [0.717, 1.165) is 17.7 Å². The smallest absolute Gasteiger partial charge is 0.160 e. The van der Waals surface area contributed by atoms with Crippen LogP contribution in [-0.2, 0) is 0 Å². The molecule has 1 nitrogen and oxygen atoms in total. The monoisotopic (exact) mass is 302 g/mol. The number of halogens is 4. The predicted molar refractivity (Wildman–Crippen MR) is 71.6 cm³/mol. The molecule has 0 saturated carbocycles. The average Bonchev–Trinajstić information content (AvgIpc) is 2.36. The van der Waals surface area contributed by atoms with Gasteiger partial charge in [0.2, 0.25) is 0 Å². The second-order valence-electron chi connectivity index (χ2n) is 4.20. The number of benzene rings is 2. The van der Waals surface area contributed by atoms with E-state index in [1.807, 2.05) is 0 Å². The molecule has 1 N–H and O–H groups in total. The number of rotatable bonds is 2. The van der Waals surface area contributed by atoms with E-state index in [0.29, 0.717) is 10.6 Å². The zero-order valence-corrected chi connectivity index (χ0v) is 11.4. The Labute approximate surface area is 119 Å². The minimum atomic E-state index is -1.14. The highest BCUT2D eigenvalue weighted by Crippen LogP contribution is 2.31. The first kappa shape index (κ1) is 14.3. The van der Waals surface area contributed by atoms with E-state index in [4.69, 9.17) is 23.2 Å². The van der Waals surface area contributed by atoms with Crippen LogP contribution in [0.5, 0.6) is 0 Å². The van der Waals surface area contributed by atoms with Gasteiger partial charge in [-0.25, -0.2) is 8.78 Å². The Kier molecular flexibility index (Phi) is 4.09. The number of hydrogen-bond acceptors (Lipinski definition) is 1. The largest absolute Gasteiger partial charge is 0.384 e. The zero-order valence-electron chi connectivity index (χ0n) is 9.92. The van der Waals surface area contributed by atoms with Gasteiger partial charge in [0.1, 0.15) is 6.10 Å². The topological polar surface area (TPSA) is 20.2 Å². The van der Waals surface area contributed by atoms with E-state index in [1.165, 1.54) is 0 Å². The lowest BCUT2D eigenvalue weighted by Gasteiger charge is -2.14. The van der Waals surface area contributed by atoms with E-state index >= 15 is 0 Å². The number of aryl methyl sites for hydroxylation is 1. The van der Waals surface area contributed by atoms with Crippen LogP contribution in [0.15, 0.2) is 30.3 Å². The van der Waals surface area contributed by atoms with Crippen molar-refractivity contribution in [3.63, 3.8) is 0 Å². The van der Waals surface area contributed by atoms with E-state index in [-0.39, 0.29) is 10.6 Å². The van der Waals surface area contributed by atoms with Crippen molar-refractivity contribution in [2.45, 2.75) is 13.0 Å². The predicted octanol–water partition coefficient (Wildman–Crippen LogP) is 4.66. The third kappa shape index (κ3) is 2.89. The van der Waals surface area contributed by atoms with Crippen molar-refractivity contribution in [2.24, 2.45) is 0 Å². The third-order valence-electron chi connectivity index (χ3n) is 2.83. The summed E-state index contributed by atoms with van der Waals surface area (Å²) >= 11 is 11.7. The maximum Gasteiger partial charge on any atom is 0.160 e. The van der Waals surface area contributed by atoms with Crippen molar-refractivity contribution in [3.05, 3.63) is 68.7 Å².